The maximum atomic E-state index is 11.6. The average molecular weight is 269 g/mol. The van der Waals surface area contributed by atoms with E-state index in [1.54, 1.807) is 0 Å². The van der Waals surface area contributed by atoms with E-state index in [9.17, 15) is 9.59 Å². The second-order valence-electron chi connectivity index (χ2n) is 5.70. The van der Waals surface area contributed by atoms with E-state index in [0.717, 1.165) is 19.5 Å². The fourth-order valence-electron chi connectivity index (χ4n) is 2.11. The zero-order chi connectivity index (χ0) is 14.1. The Bertz CT molecular complexity index is 286. The average Bonchev–Trinajstić information content (AvgIpc) is 2.87. The van der Waals surface area contributed by atoms with Gasteiger partial charge in [0.25, 0.3) is 0 Å². The normalized spacial score (nSPS) is 18.6. The molecule has 0 bridgehead atoms. The largest absolute Gasteiger partial charge is 0.356 e. The van der Waals surface area contributed by atoms with Gasteiger partial charge in [-0.2, -0.15) is 0 Å². The van der Waals surface area contributed by atoms with Crippen LogP contribution < -0.4 is 16.0 Å². The van der Waals surface area contributed by atoms with Gasteiger partial charge in [-0.15, -0.1) is 0 Å². The lowest BCUT2D eigenvalue weighted by Gasteiger charge is -2.09. The monoisotopic (exact) mass is 269 g/mol. The van der Waals surface area contributed by atoms with Crippen LogP contribution in [-0.4, -0.2) is 38.0 Å². The Morgan fingerprint density at radius 1 is 1.21 bits per heavy atom. The number of nitrogens with one attached hydrogen (secondary N) is 3. The predicted octanol–water partition coefficient (Wildman–Crippen LogP) is 0.655. The molecule has 0 aliphatic carbocycles. The van der Waals surface area contributed by atoms with Crippen LogP contribution in [0.3, 0.4) is 0 Å². The SMILES string of the molecule is CC(C)CNC(=O)CCNC(=O)CCC1CCNC1. The van der Waals surface area contributed by atoms with Crippen molar-refractivity contribution in [2.24, 2.45) is 11.8 Å². The zero-order valence-electron chi connectivity index (χ0n) is 12.1. The first-order valence-corrected chi connectivity index (χ1v) is 7.32. The van der Waals surface area contributed by atoms with Crippen LogP contribution in [0.5, 0.6) is 0 Å². The minimum absolute atomic E-state index is 0.00833. The van der Waals surface area contributed by atoms with Gasteiger partial charge in [0.2, 0.25) is 11.8 Å². The fourth-order valence-corrected chi connectivity index (χ4v) is 2.11. The van der Waals surface area contributed by atoms with Gasteiger partial charge in [-0.05, 0) is 37.8 Å². The van der Waals surface area contributed by atoms with Crippen LogP contribution in [0.25, 0.3) is 0 Å². The highest BCUT2D eigenvalue weighted by molar-refractivity contribution is 5.78. The van der Waals surface area contributed by atoms with Crippen LogP contribution in [0.4, 0.5) is 0 Å². The van der Waals surface area contributed by atoms with Gasteiger partial charge in [-0.1, -0.05) is 13.8 Å². The van der Waals surface area contributed by atoms with Crippen LogP contribution in [0.15, 0.2) is 0 Å². The molecule has 1 atom stereocenters. The Kier molecular flexibility index (Phi) is 7.48. The molecule has 1 saturated heterocycles. The molecule has 0 radical (unpaired) electrons. The van der Waals surface area contributed by atoms with Crippen molar-refractivity contribution in [2.75, 3.05) is 26.2 Å². The molecule has 0 aromatic rings. The van der Waals surface area contributed by atoms with Crippen molar-refractivity contribution >= 4 is 11.8 Å². The Morgan fingerprint density at radius 3 is 2.58 bits per heavy atom. The Morgan fingerprint density at radius 2 is 1.95 bits per heavy atom. The van der Waals surface area contributed by atoms with Crippen molar-refractivity contribution < 1.29 is 9.59 Å². The van der Waals surface area contributed by atoms with Gasteiger partial charge in [0.15, 0.2) is 0 Å². The summed E-state index contributed by atoms with van der Waals surface area (Å²) in [4.78, 5) is 23.0. The van der Waals surface area contributed by atoms with Gasteiger partial charge >= 0.3 is 0 Å². The molecule has 1 aliphatic heterocycles. The van der Waals surface area contributed by atoms with Gasteiger partial charge < -0.3 is 16.0 Å². The van der Waals surface area contributed by atoms with Gasteiger partial charge in [-0.25, -0.2) is 0 Å². The summed E-state index contributed by atoms with van der Waals surface area (Å²) in [6.07, 6.45) is 3.05. The summed E-state index contributed by atoms with van der Waals surface area (Å²) in [5.74, 6) is 1.16. The Labute approximate surface area is 115 Å². The van der Waals surface area contributed by atoms with Crippen molar-refractivity contribution in [3.8, 4) is 0 Å². The maximum absolute atomic E-state index is 11.6. The Balaban J connectivity index is 1.98. The van der Waals surface area contributed by atoms with E-state index in [0.29, 0.717) is 37.8 Å². The van der Waals surface area contributed by atoms with Crippen LogP contribution in [0, 0.1) is 11.8 Å². The lowest BCUT2D eigenvalue weighted by molar-refractivity contribution is -0.122. The van der Waals surface area contributed by atoms with Crippen LogP contribution in [-0.2, 0) is 9.59 Å². The topological polar surface area (TPSA) is 70.2 Å². The summed E-state index contributed by atoms with van der Waals surface area (Å²) >= 11 is 0. The number of carbonyl (C=O) groups excluding carboxylic acids is 2. The lowest BCUT2D eigenvalue weighted by atomic mass is 10.0. The van der Waals surface area contributed by atoms with Crippen molar-refractivity contribution in [1.82, 2.24) is 16.0 Å². The lowest BCUT2D eigenvalue weighted by Crippen LogP contribution is -2.32. The molecule has 110 valence electrons. The molecule has 5 nitrogen and oxygen atoms in total. The molecular formula is C14H27N3O2. The molecule has 0 spiro atoms. The molecular weight excluding hydrogens is 242 g/mol. The summed E-state index contributed by atoms with van der Waals surface area (Å²) in [5, 5.41) is 8.93. The molecule has 1 fully saturated rings. The molecule has 19 heavy (non-hydrogen) atoms. The summed E-state index contributed by atoms with van der Waals surface area (Å²) in [5.41, 5.74) is 0. The van der Waals surface area contributed by atoms with Gasteiger partial charge in [0, 0.05) is 25.9 Å². The number of hydrogen-bond donors (Lipinski definition) is 3. The van der Waals surface area contributed by atoms with Gasteiger partial charge in [-0.3, -0.25) is 9.59 Å². The van der Waals surface area contributed by atoms with E-state index in [4.69, 9.17) is 0 Å². The number of rotatable bonds is 8. The molecule has 1 unspecified atom stereocenters. The standard InChI is InChI=1S/C14H27N3O2/c1-11(2)9-17-14(19)6-8-16-13(18)4-3-12-5-7-15-10-12/h11-12,15H,3-10H2,1-2H3,(H,16,18)(H,17,19). The first kappa shape index (κ1) is 16.0. The zero-order valence-corrected chi connectivity index (χ0v) is 12.1. The second kappa shape index (κ2) is 8.91. The quantitative estimate of drug-likeness (QED) is 0.606. The highest BCUT2D eigenvalue weighted by Crippen LogP contribution is 2.13. The third-order valence-electron chi connectivity index (χ3n) is 3.32. The second-order valence-corrected chi connectivity index (χ2v) is 5.70. The molecule has 1 aliphatic rings. The van der Waals surface area contributed by atoms with Crippen molar-refractivity contribution in [3.63, 3.8) is 0 Å². The summed E-state index contributed by atoms with van der Waals surface area (Å²) < 4.78 is 0. The molecule has 0 aromatic heterocycles. The number of hydrogen-bond acceptors (Lipinski definition) is 3. The fraction of sp³-hybridized carbons (Fsp3) is 0.857. The summed E-state index contributed by atoms with van der Waals surface area (Å²) in [6, 6.07) is 0. The van der Waals surface area contributed by atoms with E-state index in [1.165, 1.54) is 6.42 Å². The minimum Gasteiger partial charge on any atom is -0.356 e. The van der Waals surface area contributed by atoms with Gasteiger partial charge in [0.05, 0.1) is 0 Å². The third-order valence-corrected chi connectivity index (χ3v) is 3.32. The van der Waals surface area contributed by atoms with Crippen molar-refractivity contribution in [2.45, 2.75) is 39.5 Å². The molecule has 3 N–H and O–H groups in total. The van der Waals surface area contributed by atoms with E-state index in [2.05, 4.69) is 29.8 Å². The molecule has 5 heteroatoms. The molecule has 0 aromatic carbocycles. The van der Waals surface area contributed by atoms with Crippen LogP contribution in [0.2, 0.25) is 0 Å². The first-order valence-electron chi connectivity index (χ1n) is 7.32. The molecule has 0 saturated carbocycles. The van der Waals surface area contributed by atoms with Crippen LogP contribution in [0.1, 0.15) is 39.5 Å². The van der Waals surface area contributed by atoms with E-state index >= 15 is 0 Å². The first-order chi connectivity index (χ1) is 9.08. The van der Waals surface area contributed by atoms with Gasteiger partial charge in [0.1, 0.15) is 0 Å². The summed E-state index contributed by atoms with van der Waals surface area (Å²) in [6.45, 7) is 7.35. The minimum atomic E-state index is 0.00833. The van der Waals surface area contributed by atoms with E-state index in [1.807, 2.05) is 0 Å². The van der Waals surface area contributed by atoms with E-state index < -0.39 is 0 Å². The highest BCUT2D eigenvalue weighted by atomic mass is 16.2. The van der Waals surface area contributed by atoms with E-state index in [-0.39, 0.29) is 11.8 Å². The van der Waals surface area contributed by atoms with Crippen LogP contribution >= 0.6 is 0 Å². The van der Waals surface area contributed by atoms with Crippen molar-refractivity contribution in [3.05, 3.63) is 0 Å². The molecule has 2 amide bonds. The number of carbonyl (C=O) groups is 2. The highest BCUT2D eigenvalue weighted by Gasteiger charge is 2.15. The number of amides is 2. The summed E-state index contributed by atoms with van der Waals surface area (Å²) in [7, 11) is 0. The molecule has 1 rings (SSSR count). The Hall–Kier alpha value is -1.10. The van der Waals surface area contributed by atoms with Crippen molar-refractivity contribution in [1.29, 1.82) is 0 Å². The third kappa shape index (κ3) is 7.82. The smallest absolute Gasteiger partial charge is 0.221 e. The maximum Gasteiger partial charge on any atom is 0.221 e. The predicted molar refractivity (Wildman–Crippen MR) is 75.7 cm³/mol. The molecule has 1 heterocycles.